The van der Waals surface area contributed by atoms with Gasteiger partial charge in [-0.25, -0.2) is 8.42 Å². The monoisotopic (exact) mass is 543 g/mol. The molecule has 35 heavy (non-hydrogen) atoms. The number of carbonyl (C=O) groups is 2. The van der Waals surface area contributed by atoms with Gasteiger partial charge in [0, 0.05) is 35.3 Å². The van der Waals surface area contributed by atoms with Crippen molar-refractivity contribution in [3.63, 3.8) is 0 Å². The van der Waals surface area contributed by atoms with Gasteiger partial charge in [0.15, 0.2) is 11.5 Å². The van der Waals surface area contributed by atoms with E-state index in [0.29, 0.717) is 27.1 Å². The number of hydrogen-bond donors (Lipinski definition) is 1. The van der Waals surface area contributed by atoms with Gasteiger partial charge in [-0.3, -0.25) is 13.9 Å². The summed E-state index contributed by atoms with van der Waals surface area (Å²) >= 11 is 12.7. The molecule has 1 heterocycles. The molecule has 2 aromatic rings. The first-order valence-corrected chi connectivity index (χ1v) is 13.3. The van der Waals surface area contributed by atoms with Crippen molar-refractivity contribution in [3.8, 4) is 11.5 Å². The van der Waals surface area contributed by atoms with Gasteiger partial charge in [0.2, 0.25) is 28.6 Å². The second-order valence-electron chi connectivity index (χ2n) is 7.70. The fraction of sp³-hybridized carbons (Fsp3) is 0.391. The fourth-order valence-electron chi connectivity index (χ4n) is 3.70. The number of rotatable bonds is 10. The lowest BCUT2D eigenvalue weighted by Crippen LogP contribution is -2.52. The summed E-state index contributed by atoms with van der Waals surface area (Å²) in [6, 6.07) is 8.70. The number of likely N-dealkylation sites (N-methyl/N-ethyl adjacent to an activating group) is 1. The SMILES string of the molecule is CC[C@@H](C(=O)NC)N(Cc1c(Cl)cccc1Cl)C(=O)CN(c1ccc2c(c1)OCO2)S(=O)(=O)CC. The van der Waals surface area contributed by atoms with E-state index in [2.05, 4.69) is 5.32 Å². The molecule has 0 bridgehead atoms. The molecule has 2 aromatic carbocycles. The van der Waals surface area contributed by atoms with Crippen LogP contribution in [0, 0.1) is 0 Å². The first-order chi connectivity index (χ1) is 16.6. The normalized spacial score (nSPS) is 13.3. The lowest BCUT2D eigenvalue weighted by molar-refractivity contribution is -0.140. The average Bonchev–Trinajstić information content (AvgIpc) is 3.31. The van der Waals surface area contributed by atoms with Gasteiger partial charge in [0.1, 0.15) is 12.6 Å². The zero-order chi connectivity index (χ0) is 25.8. The van der Waals surface area contributed by atoms with Crippen LogP contribution in [0.2, 0.25) is 10.0 Å². The Kier molecular flexibility index (Phi) is 8.74. The topological polar surface area (TPSA) is 105 Å². The van der Waals surface area contributed by atoms with Crippen LogP contribution in [-0.2, 0) is 26.2 Å². The zero-order valence-electron chi connectivity index (χ0n) is 19.6. The molecule has 0 aromatic heterocycles. The predicted octanol–water partition coefficient (Wildman–Crippen LogP) is 3.43. The van der Waals surface area contributed by atoms with Crippen molar-refractivity contribution in [1.29, 1.82) is 0 Å². The van der Waals surface area contributed by atoms with E-state index in [1.807, 2.05) is 0 Å². The van der Waals surface area contributed by atoms with Gasteiger partial charge < -0.3 is 19.7 Å². The highest BCUT2D eigenvalue weighted by Crippen LogP contribution is 2.36. The van der Waals surface area contributed by atoms with Crippen molar-refractivity contribution in [2.75, 3.05) is 30.4 Å². The van der Waals surface area contributed by atoms with E-state index in [0.717, 1.165) is 4.31 Å². The second kappa shape index (κ2) is 11.4. The zero-order valence-corrected chi connectivity index (χ0v) is 21.9. The van der Waals surface area contributed by atoms with Crippen LogP contribution in [-0.4, -0.2) is 57.3 Å². The lowest BCUT2D eigenvalue weighted by Gasteiger charge is -2.33. The summed E-state index contributed by atoms with van der Waals surface area (Å²) < 4.78 is 37.7. The molecule has 1 aliphatic rings. The third-order valence-corrected chi connectivity index (χ3v) is 8.10. The molecule has 12 heteroatoms. The van der Waals surface area contributed by atoms with Crippen molar-refractivity contribution < 1.29 is 27.5 Å². The number of fused-ring (bicyclic) bond motifs is 1. The second-order valence-corrected chi connectivity index (χ2v) is 10.7. The minimum Gasteiger partial charge on any atom is -0.454 e. The molecule has 1 atom stereocenters. The highest BCUT2D eigenvalue weighted by Gasteiger charge is 2.33. The molecule has 9 nitrogen and oxygen atoms in total. The number of hydrogen-bond acceptors (Lipinski definition) is 6. The number of nitrogens with zero attached hydrogens (tertiary/aromatic N) is 2. The van der Waals surface area contributed by atoms with Gasteiger partial charge in [-0.15, -0.1) is 0 Å². The molecule has 0 spiro atoms. The van der Waals surface area contributed by atoms with Crippen LogP contribution in [0.15, 0.2) is 36.4 Å². The van der Waals surface area contributed by atoms with Gasteiger partial charge in [0.05, 0.1) is 11.4 Å². The smallest absolute Gasteiger partial charge is 0.244 e. The number of carbonyl (C=O) groups excluding carboxylic acids is 2. The van der Waals surface area contributed by atoms with Gasteiger partial charge >= 0.3 is 0 Å². The predicted molar refractivity (Wildman–Crippen MR) is 135 cm³/mol. The Balaban J connectivity index is 2.01. The summed E-state index contributed by atoms with van der Waals surface area (Å²) in [5.41, 5.74) is 0.702. The summed E-state index contributed by atoms with van der Waals surface area (Å²) in [6.45, 7) is 2.65. The number of halogens is 2. The van der Waals surface area contributed by atoms with Crippen LogP contribution >= 0.6 is 23.2 Å². The maximum absolute atomic E-state index is 13.7. The van der Waals surface area contributed by atoms with Crippen LogP contribution in [0.25, 0.3) is 0 Å². The van der Waals surface area contributed by atoms with E-state index in [1.165, 1.54) is 24.9 Å². The summed E-state index contributed by atoms with van der Waals surface area (Å²) in [4.78, 5) is 27.6. The van der Waals surface area contributed by atoms with Crippen molar-refractivity contribution in [1.82, 2.24) is 10.2 Å². The summed E-state index contributed by atoms with van der Waals surface area (Å²) in [5.74, 6) is -0.363. The van der Waals surface area contributed by atoms with Gasteiger partial charge in [-0.05, 0) is 37.6 Å². The minimum atomic E-state index is -3.87. The number of ether oxygens (including phenoxy) is 2. The molecule has 190 valence electrons. The molecular weight excluding hydrogens is 517 g/mol. The molecule has 0 fully saturated rings. The van der Waals surface area contributed by atoms with Crippen molar-refractivity contribution in [3.05, 3.63) is 52.0 Å². The molecule has 0 unspecified atom stereocenters. The average molecular weight is 544 g/mol. The Hall–Kier alpha value is -2.69. The Morgan fingerprint density at radius 2 is 1.74 bits per heavy atom. The Morgan fingerprint density at radius 1 is 1.09 bits per heavy atom. The van der Waals surface area contributed by atoms with E-state index in [1.54, 1.807) is 37.3 Å². The van der Waals surface area contributed by atoms with E-state index in [4.69, 9.17) is 32.7 Å². The third-order valence-electron chi connectivity index (χ3n) is 5.65. The van der Waals surface area contributed by atoms with Crippen molar-refractivity contribution >= 4 is 50.7 Å². The Labute approximate surface area is 214 Å². The van der Waals surface area contributed by atoms with Crippen LogP contribution in [0.1, 0.15) is 25.8 Å². The molecule has 0 radical (unpaired) electrons. The van der Waals surface area contributed by atoms with Crippen molar-refractivity contribution in [2.24, 2.45) is 0 Å². The summed E-state index contributed by atoms with van der Waals surface area (Å²) in [6.07, 6.45) is 0.290. The van der Waals surface area contributed by atoms with Gasteiger partial charge in [-0.2, -0.15) is 0 Å². The first-order valence-electron chi connectivity index (χ1n) is 11.0. The highest BCUT2D eigenvalue weighted by atomic mass is 35.5. The molecule has 0 saturated heterocycles. The molecular formula is C23H27Cl2N3O6S. The van der Waals surface area contributed by atoms with Crippen LogP contribution in [0.3, 0.4) is 0 Å². The first kappa shape index (κ1) is 26.9. The van der Waals surface area contributed by atoms with E-state index < -0.39 is 34.4 Å². The van der Waals surface area contributed by atoms with Gasteiger partial charge in [0.25, 0.3) is 0 Å². The Morgan fingerprint density at radius 3 is 2.34 bits per heavy atom. The van der Waals surface area contributed by atoms with E-state index in [9.17, 15) is 18.0 Å². The van der Waals surface area contributed by atoms with E-state index in [-0.39, 0.29) is 31.2 Å². The van der Waals surface area contributed by atoms with Crippen LogP contribution in [0.5, 0.6) is 11.5 Å². The standard InChI is InChI=1S/C23H27Cl2N3O6S/c1-4-19(23(30)26-3)27(12-16-17(24)7-6-8-18(16)25)22(29)13-28(35(31,32)5-2)15-9-10-20-21(11-15)34-14-33-20/h6-11,19H,4-5,12-14H2,1-3H3,(H,26,30)/t19-/m0/s1. The summed E-state index contributed by atoms with van der Waals surface area (Å²) in [7, 11) is -2.40. The number of anilines is 1. The molecule has 1 N–H and O–H groups in total. The Bertz CT molecular complexity index is 1190. The maximum atomic E-state index is 13.7. The third kappa shape index (κ3) is 5.94. The van der Waals surface area contributed by atoms with E-state index >= 15 is 0 Å². The molecule has 3 rings (SSSR count). The minimum absolute atomic E-state index is 0.0227. The lowest BCUT2D eigenvalue weighted by atomic mass is 10.1. The molecule has 0 saturated carbocycles. The number of nitrogens with one attached hydrogen (secondary N) is 1. The quantitative estimate of drug-likeness (QED) is 0.492. The maximum Gasteiger partial charge on any atom is 0.244 e. The largest absolute Gasteiger partial charge is 0.454 e. The van der Waals surface area contributed by atoms with Crippen LogP contribution < -0.4 is 19.1 Å². The number of benzene rings is 2. The summed E-state index contributed by atoms with van der Waals surface area (Å²) in [5, 5.41) is 3.22. The number of sulfonamides is 1. The fourth-order valence-corrected chi connectivity index (χ4v) is 5.27. The highest BCUT2D eigenvalue weighted by molar-refractivity contribution is 7.92. The molecule has 2 amide bonds. The molecule has 1 aliphatic heterocycles. The van der Waals surface area contributed by atoms with Crippen LogP contribution in [0.4, 0.5) is 5.69 Å². The van der Waals surface area contributed by atoms with Crippen molar-refractivity contribution in [2.45, 2.75) is 32.9 Å². The molecule has 0 aliphatic carbocycles. The van der Waals surface area contributed by atoms with Gasteiger partial charge in [-0.1, -0.05) is 36.2 Å². The number of amides is 2.